The number of carbonyl (C=O) groups is 2. The minimum absolute atomic E-state index is 0.149. The van der Waals surface area contributed by atoms with E-state index < -0.39 is 29.6 Å². The first-order chi connectivity index (χ1) is 8.97. The van der Waals surface area contributed by atoms with Crippen LogP contribution in [-0.4, -0.2) is 25.0 Å². The normalized spacial score (nSPS) is 11.5. The lowest BCUT2D eigenvalue weighted by molar-refractivity contribution is -0.142. The van der Waals surface area contributed by atoms with E-state index in [4.69, 9.17) is 0 Å². The van der Waals surface area contributed by atoms with E-state index in [1.807, 2.05) is 0 Å². The average Bonchev–Trinajstić information content (AvgIpc) is 2.36. The van der Waals surface area contributed by atoms with Gasteiger partial charge < -0.3 is 10.1 Å². The lowest BCUT2D eigenvalue weighted by Crippen LogP contribution is -2.41. The van der Waals surface area contributed by atoms with Crippen molar-refractivity contribution >= 4 is 11.9 Å². The summed E-state index contributed by atoms with van der Waals surface area (Å²) < 4.78 is 30.4. The van der Waals surface area contributed by atoms with Crippen molar-refractivity contribution in [2.24, 2.45) is 0 Å². The Morgan fingerprint density at radius 1 is 1.37 bits per heavy atom. The van der Waals surface area contributed by atoms with Gasteiger partial charge in [0.2, 0.25) is 0 Å². The van der Waals surface area contributed by atoms with E-state index in [0.29, 0.717) is 6.07 Å². The first-order valence-corrected chi connectivity index (χ1v) is 5.43. The topological polar surface area (TPSA) is 55.4 Å². The van der Waals surface area contributed by atoms with Gasteiger partial charge in [-0.3, -0.25) is 4.79 Å². The minimum atomic E-state index is -0.943. The lowest BCUT2D eigenvalue weighted by atomic mass is 10.1. The molecule has 0 saturated heterocycles. The second kappa shape index (κ2) is 6.63. The molecule has 0 saturated carbocycles. The number of rotatable bonds is 5. The summed E-state index contributed by atoms with van der Waals surface area (Å²) in [5, 5.41) is 2.32. The number of benzene rings is 1. The van der Waals surface area contributed by atoms with Crippen LogP contribution < -0.4 is 5.32 Å². The third-order valence-corrected chi connectivity index (χ3v) is 2.32. The number of hydrogen-bond acceptors (Lipinski definition) is 3. The molecule has 1 aromatic carbocycles. The number of halogens is 2. The molecule has 4 nitrogen and oxygen atoms in total. The van der Waals surface area contributed by atoms with Gasteiger partial charge in [-0.1, -0.05) is 6.08 Å². The third kappa shape index (κ3) is 4.17. The number of amides is 1. The molecule has 1 amide bonds. The molecule has 1 N–H and O–H groups in total. The predicted molar refractivity (Wildman–Crippen MR) is 64.4 cm³/mol. The lowest BCUT2D eigenvalue weighted by Gasteiger charge is -2.14. The summed E-state index contributed by atoms with van der Waals surface area (Å²) >= 11 is 0. The monoisotopic (exact) mass is 269 g/mol. The maximum atomic E-state index is 13.0. The van der Waals surface area contributed by atoms with Gasteiger partial charge in [-0.05, 0) is 18.6 Å². The van der Waals surface area contributed by atoms with Crippen molar-refractivity contribution in [2.45, 2.75) is 12.5 Å². The molecule has 0 heterocycles. The molecule has 1 aromatic rings. The summed E-state index contributed by atoms with van der Waals surface area (Å²) in [5.74, 6) is -3.17. The molecule has 0 radical (unpaired) electrons. The molecule has 1 rings (SSSR count). The van der Waals surface area contributed by atoms with Crippen LogP contribution in [0, 0.1) is 11.6 Å². The fourth-order valence-corrected chi connectivity index (χ4v) is 1.45. The first-order valence-electron chi connectivity index (χ1n) is 5.43. The molecule has 0 aliphatic rings. The Hall–Kier alpha value is -2.24. The SMILES string of the molecule is C=CC[C@H](NC(=O)c1cc(F)cc(F)c1)C(=O)OC. The summed E-state index contributed by atoms with van der Waals surface area (Å²) in [6.45, 7) is 3.45. The molecule has 0 unspecified atom stereocenters. The van der Waals surface area contributed by atoms with E-state index in [-0.39, 0.29) is 12.0 Å². The van der Waals surface area contributed by atoms with E-state index in [1.165, 1.54) is 13.2 Å². The molecule has 102 valence electrons. The molecule has 6 heteroatoms. The van der Waals surface area contributed by atoms with Gasteiger partial charge in [-0.15, -0.1) is 6.58 Å². The fraction of sp³-hybridized carbons (Fsp3) is 0.231. The number of methoxy groups -OCH3 is 1. The fourth-order valence-electron chi connectivity index (χ4n) is 1.45. The summed E-state index contributed by atoms with van der Waals surface area (Å²) in [5.41, 5.74) is -0.213. The molecule has 0 aromatic heterocycles. The van der Waals surface area contributed by atoms with Crippen molar-refractivity contribution in [1.29, 1.82) is 0 Å². The van der Waals surface area contributed by atoms with Crippen LogP contribution in [-0.2, 0) is 9.53 Å². The average molecular weight is 269 g/mol. The second-order valence-corrected chi connectivity index (χ2v) is 3.73. The molecule has 0 aliphatic carbocycles. The summed E-state index contributed by atoms with van der Waals surface area (Å²) in [6.07, 6.45) is 1.57. The van der Waals surface area contributed by atoms with Crippen molar-refractivity contribution in [2.75, 3.05) is 7.11 Å². The highest BCUT2D eigenvalue weighted by Crippen LogP contribution is 2.08. The highest BCUT2D eigenvalue weighted by Gasteiger charge is 2.21. The summed E-state index contributed by atoms with van der Waals surface area (Å²) in [4.78, 5) is 23.1. The molecular formula is C13H13F2NO3. The maximum Gasteiger partial charge on any atom is 0.328 e. The Labute approximate surface area is 109 Å². The van der Waals surface area contributed by atoms with Gasteiger partial charge in [-0.2, -0.15) is 0 Å². The molecule has 0 spiro atoms. The van der Waals surface area contributed by atoms with E-state index in [1.54, 1.807) is 0 Å². The zero-order valence-electron chi connectivity index (χ0n) is 10.3. The minimum Gasteiger partial charge on any atom is -0.467 e. The van der Waals surface area contributed by atoms with Crippen molar-refractivity contribution < 1.29 is 23.1 Å². The predicted octanol–water partition coefficient (Wildman–Crippen LogP) is 1.81. The smallest absolute Gasteiger partial charge is 0.328 e. The number of esters is 1. The molecule has 0 bridgehead atoms. The molecule has 19 heavy (non-hydrogen) atoms. The zero-order valence-corrected chi connectivity index (χ0v) is 10.3. The highest BCUT2D eigenvalue weighted by molar-refractivity contribution is 5.96. The summed E-state index contributed by atoms with van der Waals surface area (Å²) in [6, 6.07) is 1.46. The van der Waals surface area contributed by atoms with Crippen LogP contribution in [0.4, 0.5) is 8.78 Å². The van der Waals surface area contributed by atoms with Crippen LogP contribution in [0.2, 0.25) is 0 Å². The Bertz CT molecular complexity index is 482. The standard InChI is InChI=1S/C13H13F2NO3/c1-3-4-11(13(18)19-2)16-12(17)8-5-9(14)7-10(15)6-8/h3,5-7,11H,1,4H2,2H3,(H,16,17)/t11-/m0/s1. The highest BCUT2D eigenvalue weighted by atomic mass is 19.1. The van der Waals surface area contributed by atoms with Crippen molar-refractivity contribution in [3.8, 4) is 0 Å². The van der Waals surface area contributed by atoms with E-state index in [2.05, 4.69) is 16.6 Å². The van der Waals surface area contributed by atoms with Gasteiger partial charge >= 0.3 is 5.97 Å². The van der Waals surface area contributed by atoms with Crippen LogP contribution in [0.25, 0.3) is 0 Å². The Kier molecular flexibility index (Phi) is 5.17. The van der Waals surface area contributed by atoms with Crippen LogP contribution in [0.3, 0.4) is 0 Å². The first kappa shape index (κ1) is 14.8. The number of ether oxygens (including phenoxy) is 1. The van der Waals surface area contributed by atoms with Crippen LogP contribution in [0.5, 0.6) is 0 Å². The Morgan fingerprint density at radius 2 is 1.95 bits per heavy atom. The summed E-state index contributed by atoms with van der Waals surface area (Å²) in [7, 11) is 1.17. The third-order valence-electron chi connectivity index (χ3n) is 2.32. The van der Waals surface area contributed by atoms with Crippen molar-refractivity contribution in [3.63, 3.8) is 0 Å². The van der Waals surface area contributed by atoms with Gasteiger partial charge in [0, 0.05) is 11.6 Å². The van der Waals surface area contributed by atoms with E-state index >= 15 is 0 Å². The van der Waals surface area contributed by atoms with Gasteiger partial charge in [0.05, 0.1) is 7.11 Å². The molecule has 0 fully saturated rings. The largest absolute Gasteiger partial charge is 0.467 e. The van der Waals surface area contributed by atoms with Crippen LogP contribution in [0.1, 0.15) is 16.8 Å². The van der Waals surface area contributed by atoms with Gasteiger partial charge in [0.1, 0.15) is 17.7 Å². The molecule has 0 aliphatic heterocycles. The van der Waals surface area contributed by atoms with Crippen LogP contribution >= 0.6 is 0 Å². The van der Waals surface area contributed by atoms with Crippen molar-refractivity contribution in [1.82, 2.24) is 5.32 Å². The van der Waals surface area contributed by atoms with Gasteiger partial charge in [-0.25, -0.2) is 13.6 Å². The number of carbonyl (C=O) groups excluding carboxylic acids is 2. The molecular weight excluding hydrogens is 256 g/mol. The Morgan fingerprint density at radius 3 is 2.42 bits per heavy atom. The molecule has 1 atom stereocenters. The Balaban J connectivity index is 2.87. The zero-order chi connectivity index (χ0) is 14.4. The van der Waals surface area contributed by atoms with Gasteiger partial charge in [0.25, 0.3) is 5.91 Å². The number of nitrogens with one attached hydrogen (secondary N) is 1. The van der Waals surface area contributed by atoms with Crippen LogP contribution in [0.15, 0.2) is 30.9 Å². The van der Waals surface area contributed by atoms with E-state index in [0.717, 1.165) is 12.1 Å². The number of hydrogen-bond donors (Lipinski definition) is 1. The van der Waals surface area contributed by atoms with Crippen molar-refractivity contribution in [3.05, 3.63) is 48.1 Å². The maximum absolute atomic E-state index is 13.0. The van der Waals surface area contributed by atoms with E-state index in [9.17, 15) is 18.4 Å². The second-order valence-electron chi connectivity index (χ2n) is 3.73. The van der Waals surface area contributed by atoms with Gasteiger partial charge in [0.15, 0.2) is 0 Å². The quantitative estimate of drug-likeness (QED) is 0.655.